The zero-order chi connectivity index (χ0) is 14.1. The zero-order valence-electron chi connectivity index (χ0n) is 12.0. The van der Waals surface area contributed by atoms with Gasteiger partial charge in [-0.25, -0.2) is 0 Å². The van der Waals surface area contributed by atoms with Crippen LogP contribution in [0.4, 0.5) is 5.82 Å². The second kappa shape index (κ2) is 5.05. The molecular weight excluding hydrogens is 246 g/mol. The van der Waals surface area contributed by atoms with Crippen LogP contribution < -0.4 is 4.90 Å². The van der Waals surface area contributed by atoms with Crippen molar-refractivity contribution in [3.8, 4) is 17.3 Å². The van der Waals surface area contributed by atoms with Gasteiger partial charge in [0.2, 0.25) is 0 Å². The molecule has 0 aliphatic carbocycles. The highest BCUT2D eigenvalue weighted by Gasteiger charge is 2.22. The van der Waals surface area contributed by atoms with Gasteiger partial charge in [0, 0.05) is 13.1 Å². The van der Waals surface area contributed by atoms with Crippen molar-refractivity contribution in [2.24, 2.45) is 0 Å². The Bertz CT molecular complexity index is 653. The molecule has 102 valence electrons. The van der Waals surface area contributed by atoms with Crippen LogP contribution in [0.1, 0.15) is 29.5 Å². The summed E-state index contributed by atoms with van der Waals surface area (Å²) in [6.07, 6.45) is 2.42. The van der Waals surface area contributed by atoms with Gasteiger partial charge in [-0.1, -0.05) is 29.8 Å². The number of aryl methyl sites for hydroxylation is 1. The number of nitrogens with zero attached hydrogens (tertiary/aromatic N) is 2. The minimum atomic E-state index is 0.794. The molecule has 1 fully saturated rings. The first-order chi connectivity index (χ1) is 9.70. The molecule has 1 N–H and O–H groups in total. The number of H-pyrrole nitrogens is 1. The van der Waals surface area contributed by atoms with Crippen molar-refractivity contribution in [3.05, 3.63) is 41.0 Å². The molecule has 3 nitrogen and oxygen atoms in total. The number of hydrogen-bond donors (Lipinski definition) is 1. The first-order valence-electron chi connectivity index (χ1n) is 7.15. The van der Waals surface area contributed by atoms with Gasteiger partial charge in [0.15, 0.2) is 0 Å². The zero-order valence-corrected chi connectivity index (χ0v) is 12.0. The van der Waals surface area contributed by atoms with E-state index in [0.29, 0.717) is 0 Å². The lowest BCUT2D eigenvalue weighted by atomic mass is 10.1. The fourth-order valence-corrected chi connectivity index (χ4v) is 2.90. The molecule has 2 aromatic rings. The predicted octanol–water partition coefficient (Wildman–Crippen LogP) is 3.77. The van der Waals surface area contributed by atoms with Gasteiger partial charge in [-0.3, -0.25) is 0 Å². The molecule has 1 saturated heterocycles. The highest BCUT2D eigenvalue weighted by Crippen LogP contribution is 2.33. The largest absolute Gasteiger partial charge is 0.357 e. The maximum absolute atomic E-state index is 9.47. The van der Waals surface area contributed by atoms with E-state index in [0.717, 1.165) is 41.3 Å². The van der Waals surface area contributed by atoms with Crippen molar-refractivity contribution in [2.45, 2.75) is 26.7 Å². The fraction of sp³-hybridized carbons (Fsp3) is 0.353. The summed E-state index contributed by atoms with van der Waals surface area (Å²) in [7, 11) is 0. The molecule has 1 aliphatic heterocycles. The SMILES string of the molecule is Cc1ccc(-c2[nH]c(N3CCCC3)c(C#N)c2C)cc1. The third-order valence-electron chi connectivity index (χ3n) is 4.10. The number of nitrogens with one attached hydrogen (secondary N) is 1. The van der Waals surface area contributed by atoms with E-state index in [2.05, 4.69) is 47.1 Å². The van der Waals surface area contributed by atoms with Gasteiger partial charge in [-0.2, -0.15) is 5.26 Å². The molecule has 1 aliphatic rings. The van der Waals surface area contributed by atoms with E-state index in [1.165, 1.54) is 18.4 Å². The smallest absolute Gasteiger partial charge is 0.124 e. The summed E-state index contributed by atoms with van der Waals surface area (Å²) in [4.78, 5) is 5.78. The van der Waals surface area contributed by atoms with Crippen molar-refractivity contribution in [1.29, 1.82) is 5.26 Å². The molecule has 1 aromatic heterocycles. The van der Waals surface area contributed by atoms with Crippen LogP contribution in [-0.2, 0) is 0 Å². The molecule has 0 amide bonds. The van der Waals surface area contributed by atoms with Crippen LogP contribution in [0.3, 0.4) is 0 Å². The van der Waals surface area contributed by atoms with E-state index in [1.807, 2.05) is 6.92 Å². The van der Waals surface area contributed by atoms with E-state index < -0.39 is 0 Å². The number of anilines is 1. The monoisotopic (exact) mass is 265 g/mol. The van der Waals surface area contributed by atoms with Crippen LogP contribution in [0.15, 0.2) is 24.3 Å². The van der Waals surface area contributed by atoms with Crippen LogP contribution >= 0.6 is 0 Å². The van der Waals surface area contributed by atoms with Crippen LogP contribution in [0.2, 0.25) is 0 Å². The molecular formula is C17H19N3. The van der Waals surface area contributed by atoms with E-state index >= 15 is 0 Å². The third kappa shape index (κ3) is 2.08. The molecule has 3 rings (SSSR count). The van der Waals surface area contributed by atoms with E-state index in [1.54, 1.807) is 0 Å². The Kier molecular flexibility index (Phi) is 3.23. The summed E-state index contributed by atoms with van der Waals surface area (Å²) in [6, 6.07) is 10.8. The first-order valence-corrected chi connectivity index (χ1v) is 7.15. The Labute approximate surface area is 119 Å². The van der Waals surface area contributed by atoms with Gasteiger partial charge in [-0.15, -0.1) is 0 Å². The molecule has 20 heavy (non-hydrogen) atoms. The number of aromatic nitrogens is 1. The van der Waals surface area contributed by atoms with Gasteiger partial charge in [-0.05, 0) is 37.8 Å². The Hall–Kier alpha value is -2.21. The number of hydrogen-bond acceptors (Lipinski definition) is 2. The second-order valence-corrected chi connectivity index (χ2v) is 5.52. The maximum atomic E-state index is 9.47. The average molecular weight is 265 g/mol. The Morgan fingerprint density at radius 1 is 1.10 bits per heavy atom. The van der Waals surface area contributed by atoms with Crippen molar-refractivity contribution < 1.29 is 0 Å². The van der Waals surface area contributed by atoms with Crippen molar-refractivity contribution in [1.82, 2.24) is 4.98 Å². The topological polar surface area (TPSA) is 42.8 Å². The highest BCUT2D eigenvalue weighted by molar-refractivity contribution is 5.74. The molecule has 0 spiro atoms. The summed E-state index contributed by atoms with van der Waals surface area (Å²) < 4.78 is 0. The van der Waals surface area contributed by atoms with E-state index in [-0.39, 0.29) is 0 Å². The fourth-order valence-electron chi connectivity index (χ4n) is 2.90. The number of nitriles is 1. The molecule has 1 aromatic carbocycles. The molecule has 0 bridgehead atoms. The summed E-state index contributed by atoms with van der Waals surface area (Å²) >= 11 is 0. The summed E-state index contributed by atoms with van der Waals surface area (Å²) in [5, 5.41) is 9.47. The Morgan fingerprint density at radius 2 is 1.75 bits per heavy atom. The number of rotatable bonds is 2. The van der Waals surface area contributed by atoms with Crippen molar-refractivity contribution >= 4 is 5.82 Å². The summed E-state index contributed by atoms with van der Waals surface area (Å²) in [5.41, 5.74) is 5.32. The van der Waals surface area contributed by atoms with Crippen LogP contribution in [0, 0.1) is 25.2 Å². The van der Waals surface area contributed by atoms with Gasteiger partial charge >= 0.3 is 0 Å². The average Bonchev–Trinajstić information content (AvgIpc) is 3.07. The van der Waals surface area contributed by atoms with Gasteiger partial charge in [0.05, 0.1) is 11.3 Å². The van der Waals surface area contributed by atoms with Crippen molar-refractivity contribution in [2.75, 3.05) is 18.0 Å². The lowest BCUT2D eigenvalue weighted by Gasteiger charge is -2.15. The number of aromatic amines is 1. The Morgan fingerprint density at radius 3 is 2.35 bits per heavy atom. The highest BCUT2D eigenvalue weighted by atomic mass is 15.2. The third-order valence-corrected chi connectivity index (χ3v) is 4.10. The standard InChI is InChI=1S/C17H19N3/c1-12-5-7-14(8-6-12)16-13(2)15(11-18)17(19-16)20-9-3-4-10-20/h5-8,19H,3-4,9-10H2,1-2H3. The van der Waals surface area contributed by atoms with Gasteiger partial charge < -0.3 is 9.88 Å². The van der Waals surface area contributed by atoms with Crippen molar-refractivity contribution in [3.63, 3.8) is 0 Å². The van der Waals surface area contributed by atoms with Crippen LogP contribution in [-0.4, -0.2) is 18.1 Å². The molecule has 2 heterocycles. The van der Waals surface area contributed by atoms with E-state index in [4.69, 9.17) is 0 Å². The molecule has 0 atom stereocenters. The van der Waals surface area contributed by atoms with E-state index in [9.17, 15) is 5.26 Å². The summed E-state index contributed by atoms with van der Waals surface area (Å²) in [6.45, 7) is 6.20. The maximum Gasteiger partial charge on any atom is 0.124 e. The predicted molar refractivity (Wildman–Crippen MR) is 81.9 cm³/mol. The first kappa shape index (κ1) is 12.8. The number of benzene rings is 1. The molecule has 3 heteroatoms. The lowest BCUT2D eigenvalue weighted by Crippen LogP contribution is -2.18. The normalized spacial score (nSPS) is 14.6. The molecule has 0 saturated carbocycles. The summed E-state index contributed by atoms with van der Waals surface area (Å²) in [5.74, 6) is 0.998. The second-order valence-electron chi connectivity index (χ2n) is 5.52. The van der Waals surface area contributed by atoms with Crippen LogP contribution in [0.5, 0.6) is 0 Å². The molecule has 0 unspecified atom stereocenters. The van der Waals surface area contributed by atoms with Crippen LogP contribution in [0.25, 0.3) is 11.3 Å². The van der Waals surface area contributed by atoms with Gasteiger partial charge in [0.1, 0.15) is 11.9 Å². The minimum Gasteiger partial charge on any atom is -0.357 e. The minimum absolute atomic E-state index is 0.794. The quantitative estimate of drug-likeness (QED) is 0.898. The molecule has 0 radical (unpaired) electrons. The lowest BCUT2D eigenvalue weighted by molar-refractivity contribution is 0.944. The Balaban J connectivity index is 2.08. The van der Waals surface area contributed by atoms with Gasteiger partial charge in [0.25, 0.3) is 0 Å².